The maximum Gasteiger partial charge on any atom is 0.131 e. The summed E-state index contributed by atoms with van der Waals surface area (Å²) < 4.78 is 41.7. The maximum atomic E-state index is 14.3. The molecule has 138 valence electrons. The third kappa shape index (κ3) is 4.68. The summed E-state index contributed by atoms with van der Waals surface area (Å²) in [7, 11) is 0. The van der Waals surface area contributed by atoms with Crippen molar-refractivity contribution < 1.29 is 13.2 Å². The highest BCUT2D eigenvalue weighted by molar-refractivity contribution is 5.83. The van der Waals surface area contributed by atoms with Gasteiger partial charge >= 0.3 is 0 Å². The number of rotatable bonds is 6. The Kier molecular flexibility index (Phi) is 6.12. The predicted molar refractivity (Wildman–Crippen MR) is 105 cm³/mol. The standard InChI is InChI=1S/C24H21F3/c1-2-3-4-5-6-17-7-9-18(10-8-17)22-15-19(25)11-13-21(22)23-16-20(26)12-14-24(23)27/h3-4,7-16H,2,5-6H2,1H3. The molecule has 0 N–H and O–H groups in total. The average Bonchev–Trinajstić information content (AvgIpc) is 2.68. The van der Waals surface area contributed by atoms with E-state index in [0.29, 0.717) is 11.1 Å². The van der Waals surface area contributed by atoms with Crippen LogP contribution in [-0.2, 0) is 6.42 Å². The molecule has 0 aromatic heterocycles. The molecule has 0 unspecified atom stereocenters. The molecule has 0 aliphatic heterocycles. The fourth-order valence-electron chi connectivity index (χ4n) is 3.08. The lowest BCUT2D eigenvalue weighted by atomic mass is 9.93. The molecular weight excluding hydrogens is 345 g/mol. The molecule has 0 fully saturated rings. The Balaban J connectivity index is 1.96. The van der Waals surface area contributed by atoms with Crippen LogP contribution in [0.1, 0.15) is 25.3 Å². The van der Waals surface area contributed by atoms with Gasteiger partial charge in [0.2, 0.25) is 0 Å². The van der Waals surface area contributed by atoms with E-state index in [1.54, 1.807) is 0 Å². The van der Waals surface area contributed by atoms with Crippen molar-refractivity contribution in [3.8, 4) is 22.3 Å². The van der Waals surface area contributed by atoms with Gasteiger partial charge in [-0.2, -0.15) is 0 Å². The van der Waals surface area contributed by atoms with Crippen LogP contribution in [0.25, 0.3) is 22.3 Å². The van der Waals surface area contributed by atoms with Gasteiger partial charge in [0.05, 0.1) is 0 Å². The molecule has 27 heavy (non-hydrogen) atoms. The number of benzene rings is 3. The summed E-state index contributed by atoms with van der Waals surface area (Å²) in [5.74, 6) is -1.49. The van der Waals surface area contributed by atoms with Crippen LogP contribution in [0, 0.1) is 17.5 Å². The summed E-state index contributed by atoms with van der Waals surface area (Å²) >= 11 is 0. The molecule has 0 saturated heterocycles. The van der Waals surface area contributed by atoms with Crippen molar-refractivity contribution in [2.45, 2.75) is 26.2 Å². The van der Waals surface area contributed by atoms with Crippen LogP contribution in [0.15, 0.2) is 72.8 Å². The highest BCUT2D eigenvalue weighted by Crippen LogP contribution is 2.34. The predicted octanol–water partition coefficient (Wildman–Crippen LogP) is 7.34. The second-order valence-electron chi connectivity index (χ2n) is 6.43. The molecule has 3 rings (SSSR count). The number of allylic oxidation sites excluding steroid dienone is 2. The molecule has 0 saturated carbocycles. The fourth-order valence-corrected chi connectivity index (χ4v) is 3.08. The quantitative estimate of drug-likeness (QED) is 0.400. The van der Waals surface area contributed by atoms with Gasteiger partial charge in [-0.25, -0.2) is 13.2 Å². The molecule has 3 heteroatoms. The Labute approximate surface area is 158 Å². The zero-order chi connectivity index (χ0) is 19.2. The summed E-state index contributed by atoms with van der Waals surface area (Å²) in [6.45, 7) is 2.10. The topological polar surface area (TPSA) is 0 Å². The molecular formula is C24H21F3. The Morgan fingerprint density at radius 3 is 2.07 bits per heavy atom. The van der Waals surface area contributed by atoms with Crippen LogP contribution < -0.4 is 0 Å². The molecule has 3 aromatic rings. The zero-order valence-electron chi connectivity index (χ0n) is 15.2. The van der Waals surface area contributed by atoms with E-state index >= 15 is 0 Å². The van der Waals surface area contributed by atoms with Gasteiger partial charge in [0, 0.05) is 5.56 Å². The Bertz CT molecular complexity index is 940. The SMILES string of the molecule is CCC=CCCc1ccc(-c2cc(F)ccc2-c2cc(F)ccc2F)cc1. The van der Waals surface area contributed by atoms with E-state index in [4.69, 9.17) is 0 Å². The van der Waals surface area contributed by atoms with E-state index in [1.165, 1.54) is 23.8 Å². The minimum atomic E-state index is -0.538. The van der Waals surface area contributed by atoms with Gasteiger partial charge in [0.25, 0.3) is 0 Å². The third-order valence-corrected chi connectivity index (χ3v) is 4.47. The van der Waals surface area contributed by atoms with Gasteiger partial charge in [-0.1, -0.05) is 49.4 Å². The zero-order valence-corrected chi connectivity index (χ0v) is 15.2. The van der Waals surface area contributed by atoms with Gasteiger partial charge in [0.15, 0.2) is 0 Å². The van der Waals surface area contributed by atoms with E-state index in [-0.39, 0.29) is 5.56 Å². The van der Waals surface area contributed by atoms with Crippen molar-refractivity contribution in [2.24, 2.45) is 0 Å². The van der Waals surface area contributed by atoms with Gasteiger partial charge in [0.1, 0.15) is 17.5 Å². The molecule has 0 spiro atoms. The number of halogens is 3. The lowest BCUT2D eigenvalue weighted by molar-refractivity contribution is 0.603. The lowest BCUT2D eigenvalue weighted by Crippen LogP contribution is -1.92. The minimum Gasteiger partial charge on any atom is -0.207 e. The van der Waals surface area contributed by atoms with Crippen LogP contribution in [0.4, 0.5) is 13.2 Å². The molecule has 0 aliphatic carbocycles. The Hall–Kier alpha value is -2.81. The molecule has 3 aromatic carbocycles. The molecule has 0 bridgehead atoms. The van der Waals surface area contributed by atoms with Crippen LogP contribution >= 0.6 is 0 Å². The first kappa shape index (κ1) is 19.0. The second kappa shape index (κ2) is 8.72. The van der Waals surface area contributed by atoms with Crippen LogP contribution in [0.5, 0.6) is 0 Å². The second-order valence-corrected chi connectivity index (χ2v) is 6.43. The summed E-state index contributed by atoms with van der Waals surface area (Å²) in [5, 5.41) is 0. The smallest absolute Gasteiger partial charge is 0.131 e. The van der Waals surface area contributed by atoms with E-state index in [1.807, 2.05) is 24.3 Å². The van der Waals surface area contributed by atoms with Crippen molar-refractivity contribution in [1.29, 1.82) is 0 Å². The highest BCUT2D eigenvalue weighted by Gasteiger charge is 2.13. The third-order valence-electron chi connectivity index (χ3n) is 4.47. The van der Waals surface area contributed by atoms with Crippen molar-refractivity contribution in [1.82, 2.24) is 0 Å². The van der Waals surface area contributed by atoms with Gasteiger partial charge in [-0.15, -0.1) is 0 Å². The fraction of sp³-hybridized carbons (Fsp3) is 0.167. The lowest BCUT2D eigenvalue weighted by Gasteiger charge is -2.12. The largest absolute Gasteiger partial charge is 0.207 e. The number of hydrogen-bond donors (Lipinski definition) is 0. The van der Waals surface area contributed by atoms with Gasteiger partial charge in [-0.05, 0) is 71.8 Å². The molecule has 0 radical (unpaired) electrons. The van der Waals surface area contributed by atoms with Crippen LogP contribution in [0.2, 0.25) is 0 Å². The monoisotopic (exact) mass is 366 g/mol. The molecule has 0 atom stereocenters. The molecule has 0 heterocycles. The van der Waals surface area contributed by atoms with Crippen molar-refractivity contribution in [2.75, 3.05) is 0 Å². The van der Waals surface area contributed by atoms with E-state index in [9.17, 15) is 13.2 Å². The maximum absolute atomic E-state index is 14.3. The average molecular weight is 366 g/mol. The minimum absolute atomic E-state index is 0.124. The first-order chi connectivity index (χ1) is 13.1. The number of hydrogen-bond acceptors (Lipinski definition) is 0. The summed E-state index contributed by atoms with van der Waals surface area (Å²) in [6.07, 6.45) is 7.21. The first-order valence-electron chi connectivity index (χ1n) is 9.07. The van der Waals surface area contributed by atoms with E-state index in [0.717, 1.165) is 43.0 Å². The molecule has 0 aliphatic rings. The summed E-state index contributed by atoms with van der Waals surface area (Å²) in [6, 6.07) is 15.2. The summed E-state index contributed by atoms with van der Waals surface area (Å²) in [4.78, 5) is 0. The van der Waals surface area contributed by atoms with Crippen LogP contribution in [-0.4, -0.2) is 0 Å². The number of aryl methyl sites for hydroxylation is 1. The molecule has 0 nitrogen and oxygen atoms in total. The van der Waals surface area contributed by atoms with Crippen molar-refractivity contribution in [3.63, 3.8) is 0 Å². The van der Waals surface area contributed by atoms with Gasteiger partial charge < -0.3 is 0 Å². The first-order valence-corrected chi connectivity index (χ1v) is 9.07. The van der Waals surface area contributed by atoms with Crippen LogP contribution in [0.3, 0.4) is 0 Å². The summed E-state index contributed by atoms with van der Waals surface area (Å²) in [5.41, 5.74) is 3.07. The van der Waals surface area contributed by atoms with E-state index in [2.05, 4.69) is 19.1 Å². The highest BCUT2D eigenvalue weighted by atomic mass is 19.1. The molecule has 0 amide bonds. The normalized spacial score (nSPS) is 11.3. The Morgan fingerprint density at radius 1 is 0.704 bits per heavy atom. The van der Waals surface area contributed by atoms with Gasteiger partial charge in [-0.3, -0.25) is 0 Å². The van der Waals surface area contributed by atoms with E-state index < -0.39 is 17.5 Å². The van der Waals surface area contributed by atoms with Crippen molar-refractivity contribution in [3.05, 3.63) is 95.8 Å². The van der Waals surface area contributed by atoms with Crippen molar-refractivity contribution >= 4 is 0 Å². The Morgan fingerprint density at radius 2 is 1.37 bits per heavy atom.